The molecule has 1 N–H and O–H groups in total. The molecule has 0 spiro atoms. The molecule has 0 fully saturated rings. The van der Waals surface area contributed by atoms with Crippen LogP contribution in [0.15, 0.2) is 63.1 Å². The maximum atomic E-state index is 12.0. The summed E-state index contributed by atoms with van der Waals surface area (Å²) in [6.45, 7) is 2.08. The van der Waals surface area contributed by atoms with Gasteiger partial charge in [0.1, 0.15) is 5.75 Å². The summed E-state index contributed by atoms with van der Waals surface area (Å²) in [6, 6.07) is 13.9. The van der Waals surface area contributed by atoms with E-state index in [0.29, 0.717) is 23.0 Å². The molecule has 25 heavy (non-hydrogen) atoms. The van der Waals surface area contributed by atoms with Crippen LogP contribution in [0.5, 0.6) is 5.75 Å². The standard InChI is InChI=1S/C17H14N2O4S2/c1-2-22-16(21)12-8-4-6-10-14(12)24-25-17-19-18-15(23-17)11-7-3-5-9-13(11)20/h3-10,20H,2H2,1H3. The Morgan fingerprint density at radius 1 is 1.12 bits per heavy atom. The third-order valence-electron chi connectivity index (χ3n) is 3.13. The van der Waals surface area contributed by atoms with E-state index in [2.05, 4.69) is 10.2 Å². The van der Waals surface area contributed by atoms with Gasteiger partial charge in [0, 0.05) is 15.7 Å². The highest BCUT2D eigenvalue weighted by atomic mass is 33.1. The van der Waals surface area contributed by atoms with Crippen molar-refractivity contribution >= 4 is 27.6 Å². The summed E-state index contributed by atoms with van der Waals surface area (Å²) < 4.78 is 10.6. The van der Waals surface area contributed by atoms with Crippen LogP contribution in [0.2, 0.25) is 0 Å². The Morgan fingerprint density at radius 2 is 1.88 bits per heavy atom. The van der Waals surface area contributed by atoms with Crippen LogP contribution >= 0.6 is 21.6 Å². The molecule has 0 aliphatic carbocycles. The Morgan fingerprint density at radius 3 is 2.68 bits per heavy atom. The van der Waals surface area contributed by atoms with Crippen molar-refractivity contribution in [3.05, 3.63) is 54.1 Å². The van der Waals surface area contributed by atoms with Crippen LogP contribution in [0.25, 0.3) is 11.5 Å². The van der Waals surface area contributed by atoms with Crippen molar-refractivity contribution in [1.82, 2.24) is 10.2 Å². The van der Waals surface area contributed by atoms with Gasteiger partial charge in [-0.05, 0) is 42.0 Å². The lowest BCUT2D eigenvalue weighted by atomic mass is 10.2. The smallest absolute Gasteiger partial charge is 0.339 e. The highest BCUT2D eigenvalue weighted by molar-refractivity contribution is 8.76. The molecule has 3 rings (SSSR count). The van der Waals surface area contributed by atoms with Gasteiger partial charge >= 0.3 is 5.97 Å². The number of hydrogen-bond donors (Lipinski definition) is 1. The first-order chi connectivity index (χ1) is 12.2. The first-order valence-corrected chi connectivity index (χ1v) is 9.56. The van der Waals surface area contributed by atoms with Gasteiger partial charge in [0.25, 0.3) is 11.1 Å². The zero-order valence-electron chi connectivity index (χ0n) is 13.2. The second-order valence-corrected chi connectivity index (χ2v) is 6.90. The number of hydrogen-bond acceptors (Lipinski definition) is 8. The van der Waals surface area contributed by atoms with E-state index >= 15 is 0 Å². The summed E-state index contributed by atoms with van der Waals surface area (Å²) in [6.07, 6.45) is 0. The number of phenolic OH excluding ortho intramolecular Hbond substituents is 1. The van der Waals surface area contributed by atoms with Gasteiger partial charge in [0.05, 0.1) is 17.7 Å². The van der Waals surface area contributed by atoms with Crippen molar-refractivity contribution in [2.45, 2.75) is 17.0 Å². The normalized spacial score (nSPS) is 10.6. The van der Waals surface area contributed by atoms with Crippen LogP contribution in [-0.2, 0) is 4.74 Å². The summed E-state index contributed by atoms with van der Waals surface area (Å²) in [5.74, 6) is -0.0606. The van der Waals surface area contributed by atoms with Crippen molar-refractivity contribution in [3.63, 3.8) is 0 Å². The molecule has 6 nitrogen and oxygen atoms in total. The fourth-order valence-electron chi connectivity index (χ4n) is 2.00. The van der Waals surface area contributed by atoms with Crippen LogP contribution in [0.3, 0.4) is 0 Å². The lowest BCUT2D eigenvalue weighted by Gasteiger charge is -2.06. The fourth-order valence-corrected chi connectivity index (χ4v) is 3.85. The second kappa shape index (κ2) is 8.09. The lowest BCUT2D eigenvalue weighted by Crippen LogP contribution is -2.05. The summed E-state index contributed by atoms with van der Waals surface area (Å²) in [7, 11) is 2.56. The number of benzene rings is 2. The Kier molecular flexibility index (Phi) is 5.62. The SMILES string of the molecule is CCOC(=O)c1ccccc1SSc1nnc(-c2ccccc2O)o1. The molecule has 3 aromatic rings. The molecule has 0 atom stereocenters. The third kappa shape index (κ3) is 4.15. The topological polar surface area (TPSA) is 85.5 Å². The maximum Gasteiger partial charge on any atom is 0.339 e. The van der Waals surface area contributed by atoms with Crippen LogP contribution in [0.1, 0.15) is 17.3 Å². The zero-order chi connectivity index (χ0) is 17.6. The van der Waals surface area contributed by atoms with Gasteiger partial charge in [-0.3, -0.25) is 0 Å². The van der Waals surface area contributed by atoms with E-state index in [1.165, 1.54) is 21.6 Å². The maximum absolute atomic E-state index is 12.0. The Hall–Kier alpha value is -2.45. The molecule has 0 bridgehead atoms. The van der Waals surface area contributed by atoms with E-state index in [0.717, 1.165) is 4.90 Å². The number of para-hydroxylation sites is 1. The van der Waals surface area contributed by atoms with Crippen molar-refractivity contribution in [2.75, 3.05) is 6.61 Å². The molecule has 0 radical (unpaired) electrons. The minimum atomic E-state index is -0.369. The predicted molar refractivity (Wildman–Crippen MR) is 95.5 cm³/mol. The second-order valence-electron chi connectivity index (χ2n) is 4.77. The fraction of sp³-hybridized carbons (Fsp3) is 0.118. The van der Waals surface area contributed by atoms with E-state index in [9.17, 15) is 9.90 Å². The number of aromatic nitrogens is 2. The molecule has 2 aromatic carbocycles. The summed E-state index contributed by atoms with van der Waals surface area (Å²) in [5.41, 5.74) is 0.959. The first kappa shape index (κ1) is 17.4. The van der Waals surface area contributed by atoms with Gasteiger partial charge in [-0.2, -0.15) is 0 Å². The Bertz CT molecular complexity index is 882. The number of phenols is 1. The van der Waals surface area contributed by atoms with Crippen LogP contribution in [0.4, 0.5) is 0 Å². The number of rotatable bonds is 6. The number of aromatic hydroxyl groups is 1. The van der Waals surface area contributed by atoms with Crippen LogP contribution < -0.4 is 0 Å². The predicted octanol–water partition coefficient (Wildman–Crippen LogP) is 4.42. The Balaban J connectivity index is 1.73. The van der Waals surface area contributed by atoms with E-state index < -0.39 is 0 Å². The van der Waals surface area contributed by atoms with Crippen molar-refractivity contribution in [1.29, 1.82) is 0 Å². The third-order valence-corrected chi connectivity index (χ3v) is 5.27. The van der Waals surface area contributed by atoms with Crippen LogP contribution in [-0.4, -0.2) is 27.9 Å². The van der Waals surface area contributed by atoms with Crippen molar-refractivity contribution in [2.24, 2.45) is 0 Å². The summed E-state index contributed by atoms with van der Waals surface area (Å²) >= 11 is 0. The van der Waals surface area contributed by atoms with Gasteiger partial charge in [0.2, 0.25) is 0 Å². The highest BCUT2D eigenvalue weighted by Gasteiger charge is 2.16. The van der Waals surface area contributed by atoms with Crippen molar-refractivity contribution < 1.29 is 19.1 Å². The van der Waals surface area contributed by atoms with E-state index in [4.69, 9.17) is 9.15 Å². The molecule has 0 aliphatic rings. The quantitative estimate of drug-likeness (QED) is 0.501. The molecular weight excluding hydrogens is 360 g/mol. The number of carbonyl (C=O) groups is 1. The van der Waals surface area contributed by atoms with Crippen LogP contribution in [0, 0.1) is 0 Å². The summed E-state index contributed by atoms with van der Waals surface area (Å²) in [4.78, 5) is 12.7. The number of ether oxygens (including phenoxy) is 1. The molecule has 0 aliphatic heterocycles. The molecule has 0 unspecified atom stereocenters. The van der Waals surface area contributed by atoms with E-state index in [1.54, 1.807) is 43.3 Å². The van der Waals surface area contributed by atoms with Gasteiger partial charge in [0.15, 0.2) is 0 Å². The van der Waals surface area contributed by atoms with Gasteiger partial charge in [-0.25, -0.2) is 4.79 Å². The average molecular weight is 374 g/mol. The molecule has 128 valence electrons. The average Bonchev–Trinajstić information content (AvgIpc) is 3.09. The van der Waals surface area contributed by atoms with E-state index in [1.807, 2.05) is 12.1 Å². The Labute approximate surface area is 152 Å². The molecule has 0 saturated carbocycles. The number of esters is 1. The lowest BCUT2D eigenvalue weighted by molar-refractivity contribution is 0.0522. The number of carbonyl (C=O) groups excluding carboxylic acids is 1. The zero-order valence-corrected chi connectivity index (χ0v) is 14.8. The van der Waals surface area contributed by atoms with Gasteiger partial charge in [-0.1, -0.05) is 29.4 Å². The number of nitrogens with zero attached hydrogens (tertiary/aromatic N) is 2. The molecule has 8 heteroatoms. The van der Waals surface area contributed by atoms with Gasteiger partial charge in [-0.15, -0.1) is 5.10 Å². The minimum Gasteiger partial charge on any atom is -0.507 e. The summed E-state index contributed by atoms with van der Waals surface area (Å²) in [5, 5.41) is 18.1. The largest absolute Gasteiger partial charge is 0.507 e. The first-order valence-electron chi connectivity index (χ1n) is 7.41. The molecule has 0 saturated heterocycles. The molecule has 1 aromatic heterocycles. The van der Waals surface area contributed by atoms with Gasteiger partial charge < -0.3 is 14.3 Å². The van der Waals surface area contributed by atoms with E-state index in [-0.39, 0.29) is 17.6 Å². The highest BCUT2D eigenvalue weighted by Crippen LogP contribution is 2.39. The molecular formula is C17H14N2O4S2. The minimum absolute atomic E-state index is 0.0722. The van der Waals surface area contributed by atoms with Crippen molar-refractivity contribution in [3.8, 4) is 17.2 Å². The molecule has 1 heterocycles. The molecule has 0 amide bonds. The monoisotopic (exact) mass is 374 g/mol.